The van der Waals surface area contributed by atoms with Crippen molar-refractivity contribution in [2.24, 2.45) is 4.99 Å². The Labute approximate surface area is 165 Å². The van der Waals surface area contributed by atoms with E-state index in [1.165, 1.54) is 36.6 Å². The van der Waals surface area contributed by atoms with Gasteiger partial charge in [0.1, 0.15) is 0 Å². The van der Waals surface area contributed by atoms with Crippen molar-refractivity contribution in [3.05, 3.63) is 73.9 Å². The maximum Gasteiger partial charge on any atom is 0.311 e. The van der Waals surface area contributed by atoms with Crippen molar-refractivity contribution in [1.82, 2.24) is 4.57 Å². The highest BCUT2D eigenvalue weighted by Crippen LogP contribution is 2.28. The smallest absolute Gasteiger partial charge is 0.311 e. The van der Waals surface area contributed by atoms with Crippen molar-refractivity contribution in [3.63, 3.8) is 0 Å². The van der Waals surface area contributed by atoms with Gasteiger partial charge in [-0.2, -0.15) is 4.99 Å². The number of thiazole rings is 1. The van der Waals surface area contributed by atoms with Crippen LogP contribution in [0.2, 0.25) is 0 Å². The first-order chi connectivity index (χ1) is 13.5. The van der Waals surface area contributed by atoms with Crippen LogP contribution in [0.5, 0.6) is 5.75 Å². The van der Waals surface area contributed by atoms with Crippen LogP contribution in [0.3, 0.4) is 0 Å². The number of hydrogen-bond donors (Lipinski definition) is 0. The normalized spacial score (nSPS) is 11.5. The molecule has 3 aromatic rings. The van der Waals surface area contributed by atoms with Crippen molar-refractivity contribution in [1.29, 1.82) is 0 Å². The summed E-state index contributed by atoms with van der Waals surface area (Å²) in [5, 5.41) is 11.2. The topological polar surface area (TPSA) is 86.7 Å². The molecule has 0 unspecified atom stereocenters. The van der Waals surface area contributed by atoms with E-state index in [4.69, 9.17) is 4.74 Å². The number of carbonyl (C=O) groups is 1. The van der Waals surface area contributed by atoms with E-state index in [9.17, 15) is 14.9 Å². The molecule has 3 rings (SSSR count). The molecule has 0 atom stereocenters. The lowest BCUT2D eigenvalue weighted by atomic mass is 10.1. The second-order valence-electron chi connectivity index (χ2n) is 5.96. The number of nitro benzene ring substituents is 1. The Morgan fingerprint density at radius 2 is 1.96 bits per heavy atom. The Morgan fingerprint density at radius 3 is 2.57 bits per heavy atom. The van der Waals surface area contributed by atoms with E-state index in [1.54, 1.807) is 0 Å². The molecule has 0 bridgehead atoms. The van der Waals surface area contributed by atoms with Gasteiger partial charge in [-0.05, 0) is 31.5 Å². The summed E-state index contributed by atoms with van der Waals surface area (Å²) in [5.74, 6) is -0.433. The molecule has 0 radical (unpaired) electrons. The van der Waals surface area contributed by atoms with Crippen LogP contribution >= 0.6 is 11.3 Å². The second kappa shape index (κ2) is 8.18. The van der Waals surface area contributed by atoms with Gasteiger partial charge in [-0.15, -0.1) is 11.3 Å². The minimum absolute atomic E-state index is 0.100. The molecular formula is C20H19N3O4S. The van der Waals surface area contributed by atoms with Crippen LogP contribution in [0.15, 0.2) is 53.5 Å². The first-order valence-electron chi connectivity index (χ1n) is 8.63. The molecule has 144 valence electrons. The molecule has 0 spiro atoms. The molecule has 1 aromatic heterocycles. The Balaban J connectivity index is 2.08. The predicted octanol–water partition coefficient (Wildman–Crippen LogP) is 4.20. The highest BCUT2D eigenvalue weighted by atomic mass is 32.1. The Bertz CT molecular complexity index is 1100. The van der Waals surface area contributed by atoms with E-state index < -0.39 is 10.8 Å². The van der Waals surface area contributed by atoms with Gasteiger partial charge in [-0.1, -0.05) is 30.3 Å². The average Bonchev–Trinajstić information content (AvgIpc) is 3.02. The van der Waals surface area contributed by atoms with Gasteiger partial charge >= 0.3 is 5.69 Å². The van der Waals surface area contributed by atoms with Crippen LogP contribution in [-0.4, -0.2) is 22.5 Å². The van der Waals surface area contributed by atoms with Crippen LogP contribution in [0.1, 0.15) is 22.2 Å². The number of ether oxygens (including phenoxy) is 1. The molecule has 2 aromatic carbocycles. The average molecular weight is 397 g/mol. The molecule has 28 heavy (non-hydrogen) atoms. The highest BCUT2D eigenvalue weighted by molar-refractivity contribution is 7.09. The van der Waals surface area contributed by atoms with Crippen LogP contribution in [0.25, 0.3) is 11.3 Å². The van der Waals surface area contributed by atoms with Crippen molar-refractivity contribution >= 4 is 22.9 Å². The lowest BCUT2D eigenvalue weighted by molar-refractivity contribution is -0.385. The minimum atomic E-state index is -0.579. The minimum Gasteiger partial charge on any atom is -0.490 e. The number of aromatic nitrogens is 1. The molecule has 0 aliphatic carbocycles. The third kappa shape index (κ3) is 3.72. The zero-order valence-electron chi connectivity index (χ0n) is 15.7. The van der Waals surface area contributed by atoms with Crippen LogP contribution in [0, 0.1) is 17.0 Å². The van der Waals surface area contributed by atoms with Gasteiger partial charge in [0, 0.05) is 23.1 Å². The number of nitrogens with zero attached hydrogens (tertiary/aromatic N) is 3. The summed E-state index contributed by atoms with van der Waals surface area (Å²) in [6, 6.07) is 14.0. The van der Waals surface area contributed by atoms with Gasteiger partial charge in [-0.25, -0.2) is 0 Å². The summed E-state index contributed by atoms with van der Waals surface area (Å²) in [6.45, 7) is 4.62. The van der Waals surface area contributed by atoms with Gasteiger partial charge in [0.15, 0.2) is 10.6 Å². The van der Waals surface area contributed by atoms with E-state index in [0.29, 0.717) is 11.3 Å². The van der Waals surface area contributed by atoms with Gasteiger partial charge in [0.2, 0.25) is 0 Å². The van der Waals surface area contributed by atoms with Gasteiger partial charge < -0.3 is 9.30 Å². The monoisotopic (exact) mass is 397 g/mol. The van der Waals surface area contributed by atoms with Gasteiger partial charge in [-0.3, -0.25) is 14.9 Å². The third-order valence-electron chi connectivity index (χ3n) is 4.26. The number of methoxy groups -OCH3 is 1. The molecule has 0 N–H and O–H groups in total. The predicted molar refractivity (Wildman–Crippen MR) is 108 cm³/mol. The molecule has 0 saturated carbocycles. The number of rotatable bonds is 5. The fourth-order valence-electron chi connectivity index (χ4n) is 2.97. The van der Waals surface area contributed by atoms with Crippen LogP contribution in [0.4, 0.5) is 5.69 Å². The van der Waals surface area contributed by atoms with Crippen molar-refractivity contribution in [3.8, 4) is 17.0 Å². The molecular weight excluding hydrogens is 378 g/mol. The van der Waals surface area contributed by atoms with Gasteiger partial charge in [0.25, 0.3) is 5.91 Å². The van der Waals surface area contributed by atoms with Crippen molar-refractivity contribution in [2.75, 3.05) is 7.11 Å². The number of hydrogen-bond acceptors (Lipinski definition) is 5. The molecule has 0 aliphatic rings. The van der Waals surface area contributed by atoms with E-state index in [-0.39, 0.29) is 17.0 Å². The number of aryl methyl sites for hydroxylation is 1. The lowest BCUT2D eigenvalue weighted by Gasteiger charge is -2.07. The summed E-state index contributed by atoms with van der Waals surface area (Å²) < 4.78 is 6.96. The van der Waals surface area contributed by atoms with Crippen molar-refractivity contribution < 1.29 is 14.5 Å². The fourth-order valence-corrected chi connectivity index (χ4v) is 4.03. The van der Waals surface area contributed by atoms with Crippen LogP contribution in [-0.2, 0) is 6.54 Å². The highest BCUT2D eigenvalue weighted by Gasteiger charge is 2.19. The first-order valence-corrected chi connectivity index (χ1v) is 9.45. The molecule has 0 saturated heterocycles. The summed E-state index contributed by atoms with van der Waals surface area (Å²) >= 11 is 1.42. The first kappa shape index (κ1) is 19.5. The van der Waals surface area contributed by atoms with E-state index >= 15 is 0 Å². The number of nitro groups is 1. The Kier molecular flexibility index (Phi) is 5.70. The molecule has 1 amide bonds. The summed E-state index contributed by atoms with van der Waals surface area (Å²) in [5.41, 5.74) is 1.94. The molecule has 8 heteroatoms. The van der Waals surface area contributed by atoms with Gasteiger partial charge in [0.05, 0.1) is 17.7 Å². The zero-order valence-corrected chi connectivity index (χ0v) is 16.5. The third-order valence-corrected chi connectivity index (χ3v) is 5.26. The standard InChI is InChI=1S/C20H19N3O4S/c1-4-22-18(14-8-6-5-7-9-14)13(2)28-20(22)21-19(24)15-10-11-17(27-3)16(12-15)23(25)26/h5-12H,4H2,1-3H3. The summed E-state index contributed by atoms with van der Waals surface area (Å²) in [6.07, 6.45) is 0. The Morgan fingerprint density at radius 1 is 1.25 bits per heavy atom. The molecule has 0 fully saturated rings. The van der Waals surface area contributed by atoms with Crippen LogP contribution < -0.4 is 9.54 Å². The molecule has 0 aliphatic heterocycles. The molecule has 7 nitrogen and oxygen atoms in total. The molecule has 1 heterocycles. The fraction of sp³-hybridized carbons (Fsp3) is 0.200. The number of carbonyl (C=O) groups excluding carboxylic acids is 1. The maximum atomic E-state index is 12.7. The maximum absolute atomic E-state index is 12.7. The lowest BCUT2D eigenvalue weighted by Crippen LogP contribution is -2.17. The summed E-state index contributed by atoms with van der Waals surface area (Å²) in [7, 11) is 1.35. The second-order valence-corrected chi connectivity index (χ2v) is 7.14. The quantitative estimate of drug-likeness (QED) is 0.477. The van der Waals surface area contributed by atoms with E-state index in [2.05, 4.69) is 4.99 Å². The Hall–Kier alpha value is -3.26. The van der Waals surface area contributed by atoms with E-state index in [1.807, 2.05) is 48.7 Å². The SMILES string of the molecule is CCn1c(-c2ccccc2)c(C)sc1=NC(=O)c1ccc(OC)c([N+](=O)[O-])c1. The number of amides is 1. The largest absolute Gasteiger partial charge is 0.490 e. The number of benzene rings is 2. The zero-order chi connectivity index (χ0) is 20.3. The van der Waals surface area contributed by atoms with Crippen molar-refractivity contribution in [2.45, 2.75) is 20.4 Å². The summed E-state index contributed by atoms with van der Waals surface area (Å²) in [4.78, 5) is 29.1. The van der Waals surface area contributed by atoms with E-state index in [0.717, 1.165) is 16.1 Å².